The normalized spacial score (nSPS) is 23.9. The highest BCUT2D eigenvalue weighted by molar-refractivity contribution is 5.94. The monoisotopic (exact) mass is 384 g/mol. The fourth-order valence-corrected chi connectivity index (χ4v) is 4.90. The predicted octanol–water partition coefficient (Wildman–Crippen LogP) is 2.62. The van der Waals surface area contributed by atoms with Crippen molar-refractivity contribution in [3.8, 4) is 0 Å². The van der Waals surface area contributed by atoms with E-state index in [1.165, 1.54) is 0 Å². The maximum atomic E-state index is 12.9. The predicted molar refractivity (Wildman–Crippen MR) is 104 cm³/mol. The van der Waals surface area contributed by atoms with Gasteiger partial charge in [-0.3, -0.25) is 9.59 Å². The first kappa shape index (κ1) is 19.0. The van der Waals surface area contributed by atoms with E-state index in [0.29, 0.717) is 31.6 Å². The summed E-state index contributed by atoms with van der Waals surface area (Å²) < 4.78 is 0. The molecule has 28 heavy (non-hydrogen) atoms. The van der Waals surface area contributed by atoms with E-state index in [9.17, 15) is 19.5 Å². The van der Waals surface area contributed by atoms with Gasteiger partial charge < -0.3 is 14.9 Å². The molecule has 1 N–H and O–H groups in total. The lowest BCUT2D eigenvalue weighted by Crippen LogP contribution is -2.45. The van der Waals surface area contributed by atoms with Crippen molar-refractivity contribution >= 4 is 17.8 Å². The molecule has 3 aliphatic rings. The SMILES string of the molecule is Cc1cc(C)cc(C(=O)N2CCC3(CC2)C[C@@H](C(=O)O)N(C(=O)C2CC2)C3)c1. The lowest BCUT2D eigenvalue weighted by Gasteiger charge is -2.39. The van der Waals surface area contributed by atoms with Crippen LogP contribution in [0.15, 0.2) is 18.2 Å². The Morgan fingerprint density at radius 1 is 1.04 bits per heavy atom. The van der Waals surface area contributed by atoms with Gasteiger partial charge in [-0.05, 0) is 63.5 Å². The molecule has 0 bridgehead atoms. The van der Waals surface area contributed by atoms with Crippen LogP contribution in [0.1, 0.15) is 53.6 Å². The molecular weight excluding hydrogens is 356 g/mol. The largest absolute Gasteiger partial charge is 0.480 e. The van der Waals surface area contributed by atoms with Gasteiger partial charge in [-0.15, -0.1) is 0 Å². The Kier molecular flexibility index (Phi) is 4.68. The van der Waals surface area contributed by atoms with Crippen molar-refractivity contribution in [3.63, 3.8) is 0 Å². The van der Waals surface area contributed by atoms with E-state index in [2.05, 4.69) is 6.07 Å². The van der Waals surface area contributed by atoms with Crippen molar-refractivity contribution in [2.24, 2.45) is 11.3 Å². The van der Waals surface area contributed by atoms with Gasteiger partial charge in [-0.1, -0.05) is 17.2 Å². The van der Waals surface area contributed by atoms with Crippen molar-refractivity contribution in [3.05, 3.63) is 34.9 Å². The van der Waals surface area contributed by atoms with Gasteiger partial charge in [0.2, 0.25) is 5.91 Å². The number of carbonyl (C=O) groups excluding carboxylic acids is 2. The number of amides is 2. The van der Waals surface area contributed by atoms with Gasteiger partial charge in [0.15, 0.2) is 0 Å². The molecule has 1 aromatic rings. The minimum absolute atomic E-state index is 0.0121. The molecule has 4 rings (SSSR count). The van der Waals surface area contributed by atoms with Crippen LogP contribution in [0.25, 0.3) is 0 Å². The van der Waals surface area contributed by atoms with Crippen LogP contribution >= 0.6 is 0 Å². The van der Waals surface area contributed by atoms with E-state index in [0.717, 1.165) is 36.8 Å². The number of piperidine rings is 1. The van der Waals surface area contributed by atoms with E-state index in [-0.39, 0.29) is 23.1 Å². The molecule has 0 unspecified atom stereocenters. The molecule has 2 aliphatic heterocycles. The molecule has 3 fully saturated rings. The number of carboxylic acids is 1. The van der Waals surface area contributed by atoms with Crippen molar-refractivity contribution in [2.75, 3.05) is 19.6 Å². The van der Waals surface area contributed by atoms with E-state index < -0.39 is 12.0 Å². The minimum atomic E-state index is -0.903. The highest BCUT2D eigenvalue weighted by Gasteiger charge is 2.52. The van der Waals surface area contributed by atoms with Crippen LogP contribution in [0.5, 0.6) is 0 Å². The maximum Gasteiger partial charge on any atom is 0.326 e. The lowest BCUT2D eigenvalue weighted by atomic mass is 9.76. The molecule has 150 valence electrons. The van der Waals surface area contributed by atoms with Crippen LogP contribution in [0.4, 0.5) is 0 Å². The van der Waals surface area contributed by atoms with Crippen LogP contribution in [0.2, 0.25) is 0 Å². The van der Waals surface area contributed by atoms with E-state index in [1.807, 2.05) is 30.9 Å². The Balaban J connectivity index is 1.45. The Labute approximate surface area is 165 Å². The van der Waals surface area contributed by atoms with Crippen LogP contribution in [0.3, 0.4) is 0 Å². The van der Waals surface area contributed by atoms with Crippen molar-refractivity contribution in [1.82, 2.24) is 9.80 Å². The van der Waals surface area contributed by atoms with Crippen LogP contribution < -0.4 is 0 Å². The minimum Gasteiger partial charge on any atom is -0.480 e. The van der Waals surface area contributed by atoms with Gasteiger partial charge in [-0.2, -0.15) is 0 Å². The third-order valence-corrected chi connectivity index (χ3v) is 6.58. The highest BCUT2D eigenvalue weighted by Crippen LogP contribution is 2.45. The zero-order chi connectivity index (χ0) is 20.1. The summed E-state index contributed by atoms with van der Waals surface area (Å²) in [5, 5.41) is 9.63. The van der Waals surface area contributed by atoms with Crippen molar-refractivity contribution in [1.29, 1.82) is 0 Å². The molecule has 6 heteroatoms. The molecule has 1 aromatic carbocycles. The number of hydrogen-bond donors (Lipinski definition) is 1. The number of aryl methyl sites for hydroxylation is 2. The van der Waals surface area contributed by atoms with Crippen LogP contribution in [-0.2, 0) is 9.59 Å². The third-order valence-electron chi connectivity index (χ3n) is 6.58. The van der Waals surface area contributed by atoms with E-state index in [4.69, 9.17) is 0 Å². The smallest absolute Gasteiger partial charge is 0.326 e. The first-order valence-electron chi connectivity index (χ1n) is 10.2. The molecule has 2 amide bonds. The number of benzene rings is 1. The number of carbonyl (C=O) groups is 3. The van der Waals surface area contributed by atoms with Gasteiger partial charge >= 0.3 is 5.97 Å². The summed E-state index contributed by atoms with van der Waals surface area (Å²) in [6, 6.07) is 5.19. The van der Waals surface area contributed by atoms with Gasteiger partial charge in [0, 0.05) is 31.1 Å². The zero-order valence-corrected chi connectivity index (χ0v) is 16.6. The lowest BCUT2D eigenvalue weighted by molar-refractivity contribution is -0.148. The van der Waals surface area contributed by atoms with E-state index in [1.54, 1.807) is 4.90 Å². The summed E-state index contributed by atoms with van der Waals surface area (Å²) in [5.74, 6) is -0.818. The summed E-state index contributed by atoms with van der Waals surface area (Å²) in [6.45, 7) is 5.73. The summed E-state index contributed by atoms with van der Waals surface area (Å²) in [5.41, 5.74) is 2.69. The molecular formula is C22H28N2O4. The Hall–Kier alpha value is -2.37. The molecule has 2 heterocycles. The molecule has 0 aromatic heterocycles. The number of aliphatic carboxylic acids is 1. The fraction of sp³-hybridized carbons (Fsp3) is 0.591. The Morgan fingerprint density at radius 3 is 2.18 bits per heavy atom. The quantitative estimate of drug-likeness (QED) is 0.869. The second-order valence-electron chi connectivity index (χ2n) is 8.97. The second kappa shape index (κ2) is 6.90. The Morgan fingerprint density at radius 2 is 1.64 bits per heavy atom. The Bertz CT molecular complexity index is 802. The second-order valence-corrected chi connectivity index (χ2v) is 8.97. The van der Waals surface area contributed by atoms with Gasteiger partial charge in [0.25, 0.3) is 5.91 Å². The molecule has 0 radical (unpaired) electrons. The number of rotatable bonds is 3. The average Bonchev–Trinajstić information content (AvgIpc) is 3.43. The topological polar surface area (TPSA) is 77.9 Å². The molecule has 6 nitrogen and oxygen atoms in total. The number of carboxylic acid groups (broad SMARTS) is 1. The van der Waals surface area contributed by atoms with Crippen molar-refractivity contribution in [2.45, 2.75) is 52.0 Å². The molecule has 1 aliphatic carbocycles. The summed E-state index contributed by atoms with van der Waals surface area (Å²) in [6.07, 6.45) is 3.77. The highest BCUT2D eigenvalue weighted by atomic mass is 16.4. The molecule has 1 spiro atoms. The summed E-state index contributed by atoms with van der Waals surface area (Å²) >= 11 is 0. The zero-order valence-electron chi connectivity index (χ0n) is 16.6. The maximum absolute atomic E-state index is 12.9. The molecule has 1 atom stereocenters. The third kappa shape index (κ3) is 3.52. The van der Waals surface area contributed by atoms with Gasteiger partial charge in [0.05, 0.1) is 0 Å². The van der Waals surface area contributed by atoms with Crippen LogP contribution in [-0.4, -0.2) is 58.4 Å². The number of hydrogen-bond acceptors (Lipinski definition) is 3. The standard InChI is InChI=1S/C22H28N2O4/c1-14-9-15(2)11-17(10-14)19(25)23-7-5-22(6-8-23)12-18(21(27)28)24(13-22)20(26)16-3-4-16/h9-11,16,18H,3-8,12-13H2,1-2H3,(H,27,28)/t18-/m0/s1. The fourth-order valence-electron chi connectivity index (χ4n) is 4.90. The molecule has 1 saturated carbocycles. The van der Waals surface area contributed by atoms with Gasteiger partial charge in [-0.25, -0.2) is 4.79 Å². The number of likely N-dealkylation sites (tertiary alicyclic amines) is 2. The first-order valence-corrected chi connectivity index (χ1v) is 10.2. The number of nitrogens with zero attached hydrogens (tertiary/aromatic N) is 2. The summed E-state index contributed by atoms with van der Waals surface area (Å²) in [7, 11) is 0. The average molecular weight is 384 g/mol. The van der Waals surface area contributed by atoms with Crippen LogP contribution in [0, 0.1) is 25.2 Å². The molecule has 2 saturated heterocycles. The van der Waals surface area contributed by atoms with E-state index >= 15 is 0 Å². The summed E-state index contributed by atoms with van der Waals surface area (Å²) in [4.78, 5) is 40.7. The van der Waals surface area contributed by atoms with Gasteiger partial charge in [0.1, 0.15) is 6.04 Å². The van der Waals surface area contributed by atoms with Crippen molar-refractivity contribution < 1.29 is 19.5 Å². The first-order chi connectivity index (χ1) is 13.3.